The van der Waals surface area contributed by atoms with Gasteiger partial charge in [0.25, 0.3) is 0 Å². The SMILES string of the molecule is Ic1cccc(NCC2CC2)c1. The van der Waals surface area contributed by atoms with E-state index in [0.29, 0.717) is 0 Å². The Balaban J connectivity index is 1.92. The second-order valence-corrected chi connectivity index (χ2v) is 4.58. The molecule has 1 aromatic carbocycles. The quantitative estimate of drug-likeness (QED) is 0.834. The van der Waals surface area contributed by atoms with Crippen LogP contribution in [0.1, 0.15) is 12.8 Å². The summed E-state index contributed by atoms with van der Waals surface area (Å²) in [6.07, 6.45) is 2.83. The van der Waals surface area contributed by atoms with Gasteiger partial charge in [-0.25, -0.2) is 0 Å². The molecule has 12 heavy (non-hydrogen) atoms. The van der Waals surface area contributed by atoms with E-state index >= 15 is 0 Å². The standard InChI is InChI=1S/C10H12IN/c11-9-2-1-3-10(6-9)12-7-8-4-5-8/h1-3,6,8,12H,4-5,7H2. The third kappa shape index (κ3) is 2.37. The van der Waals surface area contributed by atoms with E-state index in [-0.39, 0.29) is 0 Å². The zero-order chi connectivity index (χ0) is 8.39. The molecule has 1 aromatic rings. The molecule has 0 bridgehead atoms. The highest BCUT2D eigenvalue weighted by molar-refractivity contribution is 14.1. The first-order valence-electron chi connectivity index (χ1n) is 4.34. The number of hydrogen-bond acceptors (Lipinski definition) is 1. The van der Waals surface area contributed by atoms with Gasteiger partial charge in [0, 0.05) is 15.8 Å². The number of anilines is 1. The first kappa shape index (κ1) is 8.35. The summed E-state index contributed by atoms with van der Waals surface area (Å²) in [5.74, 6) is 0.947. The number of benzene rings is 1. The van der Waals surface area contributed by atoms with Gasteiger partial charge in [-0.15, -0.1) is 0 Å². The molecule has 64 valence electrons. The average Bonchev–Trinajstić information content (AvgIpc) is 2.84. The van der Waals surface area contributed by atoms with Crippen LogP contribution in [0.2, 0.25) is 0 Å². The Bertz CT molecular complexity index is 268. The Morgan fingerprint density at radius 1 is 1.42 bits per heavy atom. The molecule has 1 aliphatic carbocycles. The van der Waals surface area contributed by atoms with Crippen LogP contribution < -0.4 is 5.32 Å². The highest BCUT2D eigenvalue weighted by Crippen LogP contribution is 2.28. The van der Waals surface area contributed by atoms with E-state index in [9.17, 15) is 0 Å². The van der Waals surface area contributed by atoms with E-state index in [1.807, 2.05) is 0 Å². The lowest BCUT2D eigenvalue weighted by molar-refractivity contribution is 0.889. The van der Waals surface area contributed by atoms with Crippen LogP contribution in [0, 0.1) is 9.49 Å². The van der Waals surface area contributed by atoms with E-state index in [1.165, 1.54) is 22.1 Å². The van der Waals surface area contributed by atoms with Gasteiger partial charge in [-0.1, -0.05) is 6.07 Å². The topological polar surface area (TPSA) is 12.0 Å². The Kier molecular flexibility index (Phi) is 2.54. The first-order valence-corrected chi connectivity index (χ1v) is 5.42. The number of hydrogen-bond donors (Lipinski definition) is 1. The van der Waals surface area contributed by atoms with Crippen LogP contribution in [-0.2, 0) is 0 Å². The molecular weight excluding hydrogens is 261 g/mol. The molecule has 1 nitrogen and oxygen atoms in total. The van der Waals surface area contributed by atoms with Crippen molar-refractivity contribution in [2.24, 2.45) is 5.92 Å². The van der Waals surface area contributed by atoms with E-state index in [2.05, 4.69) is 52.2 Å². The number of rotatable bonds is 3. The molecule has 1 fully saturated rings. The van der Waals surface area contributed by atoms with E-state index < -0.39 is 0 Å². The van der Waals surface area contributed by atoms with E-state index in [1.54, 1.807) is 0 Å². The van der Waals surface area contributed by atoms with Crippen LogP contribution in [0.3, 0.4) is 0 Å². The molecule has 0 aromatic heterocycles. The van der Waals surface area contributed by atoms with Crippen molar-refractivity contribution in [3.8, 4) is 0 Å². The second kappa shape index (κ2) is 3.64. The smallest absolute Gasteiger partial charge is 0.0350 e. The maximum absolute atomic E-state index is 3.44. The summed E-state index contributed by atoms with van der Waals surface area (Å²) in [7, 11) is 0. The minimum absolute atomic E-state index is 0.947. The molecule has 1 N–H and O–H groups in total. The van der Waals surface area contributed by atoms with Crippen molar-refractivity contribution in [2.45, 2.75) is 12.8 Å². The number of halogens is 1. The summed E-state index contributed by atoms with van der Waals surface area (Å²) in [6.45, 7) is 1.15. The maximum Gasteiger partial charge on any atom is 0.0350 e. The predicted molar refractivity (Wildman–Crippen MR) is 60.4 cm³/mol. The highest BCUT2D eigenvalue weighted by Gasteiger charge is 2.20. The summed E-state index contributed by atoms with van der Waals surface area (Å²) < 4.78 is 1.30. The minimum atomic E-state index is 0.947. The van der Waals surface area contributed by atoms with Gasteiger partial charge in [0.05, 0.1) is 0 Å². The summed E-state index contributed by atoms with van der Waals surface area (Å²) in [4.78, 5) is 0. The highest BCUT2D eigenvalue weighted by atomic mass is 127. The summed E-state index contributed by atoms with van der Waals surface area (Å²) >= 11 is 2.34. The van der Waals surface area contributed by atoms with Crippen molar-refractivity contribution in [3.63, 3.8) is 0 Å². The van der Waals surface area contributed by atoms with Gasteiger partial charge >= 0.3 is 0 Å². The van der Waals surface area contributed by atoms with Gasteiger partial charge in [-0.2, -0.15) is 0 Å². The molecule has 0 aliphatic heterocycles. The van der Waals surface area contributed by atoms with Crippen molar-refractivity contribution in [1.29, 1.82) is 0 Å². The Morgan fingerprint density at radius 2 is 2.25 bits per heavy atom. The minimum Gasteiger partial charge on any atom is -0.385 e. The van der Waals surface area contributed by atoms with E-state index in [0.717, 1.165) is 12.5 Å². The van der Waals surface area contributed by atoms with Crippen molar-refractivity contribution < 1.29 is 0 Å². The Hall–Kier alpha value is -0.250. The molecule has 0 spiro atoms. The monoisotopic (exact) mass is 273 g/mol. The molecule has 0 saturated heterocycles. The number of nitrogens with one attached hydrogen (secondary N) is 1. The summed E-state index contributed by atoms with van der Waals surface area (Å²) in [6, 6.07) is 8.52. The van der Waals surface area contributed by atoms with Crippen molar-refractivity contribution in [3.05, 3.63) is 27.8 Å². The fourth-order valence-electron chi connectivity index (χ4n) is 1.18. The zero-order valence-electron chi connectivity index (χ0n) is 6.89. The van der Waals surface area contributed by atoms with Gasteiger partial charge in [0.2, 0.25) is 0 Å². The molecule has 0 atom stereocenters. The second-order valence-electron chi connectivity index (χ2n) is 3.33. The average molecular weight is 273 g/mol. The van der Waals surface area contributed by atoms with Gasteiger partial charge in [-0.05, 0) is 59.5 Å². The normalized spacial score (nSPS) is 16.1. The third-order valence-electron chi connectivity index (χ3n) is 2.12. The fourth-order valence-corrected chi connectivity index (χ4v) is 1.73. The molecule has 1 aliphatic rings. The predicted octanol–water partition coefficient (Wildman–Crippen LogP) is 3.11. The van der Waals surface area contributed by atoms with Crippen LogP contribution in [0.4, 0.5) is 5.69 Å². The fraction of sp³-hybridized carbons (Fsp3) is 0.400. The lowest BCUT2D eigenvalue weighted by Gasteiger charge is -2.04. The molecule has 0 unspecified atom stereocenters. The van der Waals surface area contributed by atoms with Crippen LogP contribution in [0.25, 0.3) is 0 Å². The maximum atomic E-state index is 3.44. The van der Waals surface area contributed by atoms with Gasteiger partial charge in [0.1, 0.15) is 0 Å². The van der Waals surface area contributed by atoms with Crippen LogP contribution in [-0.4, -0.2) is 6.54 Å². The van der Waals surface area contributed by atoms with Crippen molar-refractivity contribution >= 4 is 28.3 Å². The molecule has 0 radical (unpaired) electrons. The summed E-state index contributed by atoms with van der Waals surface area (Å²) in [5.41, 5.74) is 1.26. The van der Waals surface area contributed by atoms with Gasteiger partial charge in [-0.3, -0.25) is 0 Å². The van der Waals surface area contributed by atoms with Crippen LogP contribution >= 0.6 is 22.6 Å². The molecule has 1 saturated carbocycles. The Labute approximate surface area is 86.7 Å². The lowest BCUT2D eigenvalue weighted by atomic mass is 10.3. The van der Waals surface area contributed by atoms with Gasteiger partial charge in [0.15, 0.2) is 0 Å². The Morgan fingerprint density at radius 3 is 2.92 bits per heavy atom. The van der Waals surface area contributed by atoms with Crippen LogP contribution in [0.15, 0.2) is 24.3 Å². The van der Waals surface area contributed by atoms with E-state index in [4.69, 9.17) is 0 Å². The lowest BCUT2D eigenvalue weighted by Crippen LogP contribution is -2.02. The first-order chi connectivity index (χ1) is 5.84. The molecule has 0 heterocycles. The zero-order valence-corrected chi connectivity index (χ0v) is 9.04. The molecule has 2 heteroatoms. The molecular formula is C10H12IN. The van der Waals surface area contributed by atoms with Crippen molar-refractivity contribution in [1.82, 2.24) is 0 Å². The van der Waals surface area contributed by atoms with Crippen molar-refractivity contribution in [2.75, 3.05) is 11.9 Å². The summed E-state index contributed by atoms with van der Waals surface area (Å²) in [5, 5.41) is 3.44. The largest absolute Gasteiger partial charge is 0.385 e. The van der Waals surface area contributed by atoms with Crippen LogP contribution in [0.5, 0.6) is 0 Å². The molecule has 2 rings (SSSR count). The molecule has 0 amide bonds. The van der Waals surface area contributed by atoms with Gasteiger partial charge < -0.3 is 5.32 Å². The third-order valence-corrected chi connectivity index (χ3v) is 2.79.